The number of primary amides is 1. The van der Waals surface area contributed by atoms with Crippen LogP contribution in [0, 0.1) is 11.8 Å². The summed E-state index contributed by atoms with van der Waals surface area (Å²) in [6, 6.07) is 2.65. The molecular formula is C72H105N13O20. The van der Waals surface area contributed by atoms with Crippen LogP contribution in [0.15, 0.2) is 84.2 Å². The molecule has 0 saturated carbocycles. The van der Waals surface area contributed by atoms with Crippen molar-refractivity contribution >= 4 is 82.8 Å². The van der Waals surface area contributed by atoms with Gasteiger partial charge in [0, 0.05) is 52.7 Å². The van der Waals surface area contributed by atoms with E-state index in [0.29, 0.717) is 11.1 Å². The first-order valence-corrected chi connectivity index (χ1v) is 35.5. The highest BCUT2D eigenvalue weighted by molar-refractivity contribution is 6.04. The van der Waals surface area contributed by atoms with Crippen LogP contribution in [0.5, 0.6) is 0 Å². The largest absolute Gasteiger partial charge is 0.461 e. The second kappa shape index (κ2) is 41.7. The Morgan fingerprint density at radius 2 is 1.14 bits per heavy atom. The molecule has 16 N–H and O–H groups in total. The fourth-order valence-electron chi connectivity index (χ4n) is 12.4. The molecule has 2 aromatic carbocycles. The van der Waals surface area contributed by atoms with Crippen molar-refractivity contribution in [2.75, 3.05) is 33.3 Å². The first-order chi connectivity index (χ1) is 49.7. The Balaban J connectivity index is 1.65. The van der Waals surface area contributed by atoms with Gasteiger partial charge in [-0.1, -0.05) is 101 Å². The summed E-state index contributed by atoms with van der Waals surface area (Å²) in [5.74, 6) is -14.5. The number of nitrogens with zero attached hydrogens (tertiary/aromatic N) is 3. The number of nitrogens with one attached hydrogen (secondary N) is 9. The van der Waals surface area contributed by atoms with Gasteiger partial charge in [0.2, 0.25) is 59.1 Å². The van der Waals surface area contributed by atoms with Crippen LogP contribution < -0.4 is 53.6 Å². The lowest BCUT2D eigenvalue weighted by Crippen LogP contribution is -2.61. The van der Waals surface area contributed by atoms with Crippen molar-refractivity contribution in [1.29, 1.82) is 0 Å². The number of fused-ring (bicyclic) bond motifs is 2. The third-order valence-corrected chi connectivity index (χ3v) is 18.3. The summed E-state index contributed by atoms with van der Waals surface area (Å²) >= 11 is 0. The lowest BCUT2D eigenvalue weighted by atomic mass is 9.93. The van der Waals surface area contributed by atoms with Crippen molar-refractivity contribution in [3.8, 4) is 0 Å². The van der Waals surface area contributed by atoms with Crippen LogP contribution in [0.2, 0.25) is 0 Å². The summed E-state index contributed by atoms with van der Waals surface area (Å²) in [4.78, 5) is 202. The van der Waals surface area contributed by atoms with Crippen molar-refractivity contribution in [2.45, 2.75) is 224 Å². The van der Waals surface area contributed by atoms with E-state index in [1.807, 2.05) is 0 Å². The van der Waals surface area contributed by atoms with Crippen molar-refractivity contribution in [3.63, 3.8) is 0 Å². The minimum Gasteiger partial charge on any atom is -0.461 e. The third-order valence-electron chi connectivity index (χ3n) is 18.3. The van der Waals surface area contributed by atoms with Gasteiger partial charge in [-0.05, 0) is 102 Å². The number of hydrogen-bond donors (Lipinski definition) is 15. The van der Waals surface area contributed by atoms with Crippen LogP contribution in [-0.4, -0.2) is 241 Å². The van der Waals surface area contributed by atoms with Crippen LogP contribution in [0.4, 0.5) is 0 Å². The van der Waals surface area contributed by atoms with E-state index in [2.05, 4.69) is 47.9 Å². The molecule has 5 rings (SSSR count). The maximum absolute atomic E-state index is 15.2. The van der Waals surface area contributed by atoms with E-state index in [1.54, 1.807) is 88.4 Å². The van der Waals surface area contributed by atoms with Crippen LogP contribution in [-0.2, 0) is 84.7 Å². The van der Waals surface area contributed by atoms with E-state index < -0.39 is 218 Å². The summed E-state index contributed by atoms with van der Waals surface area (Å²) < 4.78 is 6.07. The molecule has 578 valence electrons. The van der Waals surface area contributed by atoms with Gasteiger partial charge in [0.25, 0.3) is 17.7 Å². The van der Waals surface area contributed by atoms with Gasteiger partial charge in [-0.15, -0.1) is 0 Å². The summed E-state index contributed by atoms with van der Waals surface area (Å²) in [7, 11) is 1.36. The fraction of sp³-hybridized carbons (Fsp3) is 0.583. The Bertz CT molecular complexity index is 3450. The summed E-state index contributed by atoms with van der Waals surface area (Å²) in [6.07, 6.45) is -8.89. The van der Waals surface area contributed by atoms with E-state index in [0.717, 1.165) is 33.8 Å². The number of carbonyl (C=O) groups is 14. The molecule has 33 nitrogen and oxygen atoms in total. The molecule has 3 heterocycles. The molecule has 3 aliphatic rings. The van der Waals surface area contributed by atoms with Gasteiger partial charge in [-0.25, -0.2) is 4.79 Å². The van der Waals surface area contributed by atoms with Crippen LogP contribution in [0.3, 0.4) is 0 Å². The number of benzene rings is 2. The number of hydrogen-bond acceptors (Lipinski definition) is 20. The average molecular weight is 1470 g/mol. The molecule has 0 spiro atoms. The normalized spacial score (nSPS) is 25.1. The number of rotatable bonds is 22. The van der Waals surface area contributed by atoms with Gasteiger partial charge in [0.05, 0.1) is 37.5 Å². The van der Waals surface area contributed by atoms with Crippen LogP contribution >= 0.6 is 0 Å². The second-order valence-corrected chi connectivity index (χ2v) is 27.5. The number of aliphatic hydroxyl groups is 5. The Morgan fingerprint density at radius 1 is 0.619 bits per heavy atom. The summed E-state index contributed by atoms with van der Waals surface area (Å²) in [5.41, 5.74) is 5.74. The maximum Gasteiger partial charge on any atom is 0.329 e. The van der Waals surface area contributed by atoms with Gasteiger partial charge in [0.15, 0.2) is 6.10 Å². The molecule has 33 heteroatoms. The molecule has 3 fully saturated rings. The van der Waals surface area contributed by atoms with Crippen LogP contribution in [0.25, 0.3) is 0 Å². The standard InChI is InChI=1S/C72H105N13O20/c1-10-46-63(95)81-52(38-86)66(98)76-47(11-2)64(96)82-60(41(7)87)69(101)78-49(27-26-43-20-14-12-15-21-43)71(103)85-31-19-25-54(85)68(100)79-50(35-45(36-57(90)56(89)33-40(5)6)105-72(104)55(32-39(3)4)83(9)42(8)88)61(93)70(102)77-48(28-29-58(73)91)62(94)74-37-59(92)84-30-18-24-53(84)67(99)80-51(65(97)75-46)34-44-22-16-13-17-23-44/h10-17,20-23,39-41,45,48-57,60-61,86-87,89-90,93H,18-19,24-38H2,1-9H3,(H2,73,91)(H,74,94)(H,75,97)(H,76,98)(H,77,102)(H,78,101)(H,79,100)(H,80,99)(H,81,95)(H,82,96)/b46-10-,47-11+/t41-,45+,48-,49-,50+,51-,52-,53-,54-,55-,56+,57-,60+,61+/m0/s1. The molecule has 0 aromatic heterocycles. The van der Waals surface area contributed by atoms with Crippen molar-refractivity contribution in [1.82, 2.24) is 62.6 Å². The molecule has 0 aliphatic carbocycles. The number of carbonyl (C=O) groups excluding carboxylic acids is 14. The van der Waals surface area contributed by atoms with E-state index in [9.17, 15) is 83.1 Å². The highest BCUT2D eigenvalue weighted by atomic mass is 16.5. The monoisotopic (exact) mass is 1470 g/mol. The topological polar surface area (TPSA) is 493 Å². The van der Waals surface area contributed by atoms with Crippen molar-refractivity contribution < 1.29 is 97.4 Å². The zero-order chi connectivity index (χ0) is 77.9. The number of esters is 1. The molecule has 2 aromatic rings. The molecule has 0 radical (unpaired) electrons. The second-order valence-electron chi connectivity index (χ2n) is 27.5. The number of ether oxygens (including phenoxy) is 1. The van der Waals surface area contributed by atoms with Gasteiger partial charge >= 0.3 is 5.97 Å². The number of aliphatic hydroxyl groups excluding tert-OH is 5. The summed E-state index contributed by atoms with van der Waals surface area (Å²) in [6.45, 7) is 10.1. The third kappa shape index (κ3) is 26.1. The predicted molar refractivity (Wildman–Crippen MR) is 378 cm³/mol. The number of amides is 13. The van der Waals surface area contributed by atoms with E-state index in [1.165, 1.54) is 27.8 Å². The van der Waals surface area contributed by atoms with Crippen molar-refractivity contribution in [2.24, 2.45) is 17.6 Å². The lowest BCUT2D eigenvalue weighted by molar-refractivity contribution is -0.162. The number of allylic oxidation sites excluding steroid dienone is 2. The van der Waals surface area contributed by atoms with Gasteiger partial charge in [0.1, 0.15) is 65.8 Å². The molecule has 14 atom stereocenters. The summed E-state index contributed by atoms with van der Waals surface area (Å²) in [5, 5.41) is 78.8. The van der Waals surface area contributed by atoms with Crippen molar-refractivity contribution in [3.05, 3.63) is 95.3 Å². The van der Waals surface area contributed by atoms with Gasteiger partial charge < -0.3 is 98.6 Å². The minimum absolute atomic E-state index is 0.0252. The average Bonchev–Trinajstić information content (AvgIpc) is 1.76. The molecular weight excluding hydrogens is 1370 g/mol. The predicted octanol–water partition coefficient (Wildman–Crippen LogP) is -2.73. The van der Waals surface area contributed by atoms with E-state index in [-0.39, 0.29) is 82.7 Å². The molecule has 105 heavy (non-hydrogen) atoms. The molecule has 0 bridgehead atoms. The molecule has 3 saturated heterocycles. The molecule has 3 aliphatic heterocycles. The molecule has 0 unspecified atom stereocenters. The highest BCUT2D eigenvalue weighted by Gasteiger charge is 2.44. The Morgan fingerprint density at radius 3 is 1.70 bits per heavy atom. The van der Waals surface area contributed by atoms with E-state index in [4.69, 9.17) is 10.5 Å². The Kier molecular flexibility index (Phi) is 34.1. The molecule has 13 amide bonds. The number of nitrogens with two attached hydrogens (primary N) is 1. The minimum atomic E-state index is -2.48. The Hall–Kier alpha value is -9.70. The van der Waals surface area contributed by atoms with Gasteiger partial charge in [-0.2, -0.15) is 0 Å². The lowest BCUT2D eigenvalue weighted by Gasteiger charge is -2.34. The maximum atomic E-state index is 15.2. The first-order valence-electron chi connectivity index (χ1n) is 35.5. The zero-order valence-corrected chi connectivity index (χ0v) is 61.0. The fourth-order valence-corrected chi connectivity index (χ4v) is 12.4. The Labute approximate surface area is 610 Å². The number of aryl methyl sites for hydroxylation is 1. The number of likely N-dealkylation sites (N-methyl/N-ethyl adjacent to an activating group) is 1. The quantitative estimate of drug-likeness (QED) is 0.0420. The SMILES string of the molecule is C/C=C1\NC(=O)[C@H](Cc2ccccc2)NC(=O)[C@@H]2CCCN2C(=O)CNC(=O)[C@H](CCC(N)=O)NC(=O)[C@H](O)[C@@H](C[C@H](C[C@H](O)[C@H](O)CC(C)C)OC(=O)[C@H](CC(C)C)N(C)C(C)=O)NC(=O)[C@@H]2CCCN2C(=O)[C@H](CCc2ccccc2)NC(=O)[C@@H]([C@H](C)O)NC(=O)/C(=C\C)NC(=O)[C@H](CO)NC1=O. The highest BCUT2D eigenvalue weighted by Crippen LogP contribution is 2.26. The van der Waals surface area contributed by atoms with Gasteiger partial charge in [-0.3, -0.25) is 62.3 Å². The smallest absolute Gasteiger partial charge is 0.329 e. The van der Waals surface area contributed by atoms with Crippen LogP contribution in [0.1, 0.15) is 137 Å². The van der Waals surface area contributed by atoms with E-state index >= 15 is 9.59 Å². The first kappa shape index (κ1) is 85.9. The zero-order valence-electron chi connectivity index (χ0n) is 61.0.